The molecule has 3 N–H and O–H groups in total. The topological polar surface area (TPSA) is 70.6 Å². The first-order valence-electron chi connectivity index (χ1n) is 8.64. The Balaban J connectivity index is 2.66. The van der Waals surface area contributed by atoms with Crippen LogP contribution in [0.4, 0.5) is 10.5 Å². The Hall–Kier alpha value is -1.59. The van der Waals surface area contributed by atoms with Crippen LogP contribution in [-0.2, 0) is 11.3 Å². The van der Waals surface area contributed by atoms with Gasteiger partial charge in [-0.1, -0.05) is 32.4 Å². The van der Waals surface area contributed by atoms with Gasteiger partial charge in [0.05, 0.1) is 18.3 Å². The number of urea groups is 1. The predicted molar refractivity (Wildman–Crippen MR) is 98.2 cm³/mol. The fraction of sp³-hybridized carbons (Fsp3) is 0.632. The molecule has 2 unspecified atom stereocenters. The zero-order valence-electron chi connectivity index (χ0n) is 15.8. The molecule has 0 aliphatic heterocycles. The molecule has 0 aliphatic carbocycles. The molecule has 0 aromatic heterocycles. The second-order valence-corrected chi connectivity index (χ2v) is 6.92. The van der Waals surface area contributed by atoms with Crippen molar-refractivity contribution in [3.05, 3.63) is 29.3 Å². The molecule has 0 saturated heterocycles. The number of benzene rings is 1. The molecule has 2 atom stereocenters. The number of carbonyl (C=O) groups is 1. The highest BCUT2D eigenvalue weighted by Gasteiger charge is 2.27. The number of rotatable bonds is 8. The molecule has 136 valence electrons. The molecule has 2 amide bonds. The maximum Gasteiger partial charge on any atom is 0.319 e. The van der Waals surface area contributed by atoms with Crippen LogP contribution in [0, 0.1) is 12.8 Å². The van der Waals surface area contributed by atoms with Crippen molar-refractivity contribution in [3.63, 3.8) is 0 Å². The zero-order valence-corrected chi connectivity index (χ0v) is 15.8. The maximum atomic E-state index is 12.1. The molecular weight excluding hydrogens is 304 g/mol. The first-order valence-corrected chi connectivity index (χ1v) is 8.64. The molecule has 0 radical (unpaired) electrons. The highest BCUT2D eigenvalue weighted by molar-refractivity contribution is 5.90. The number of anilines is 1. The van der Waals surface area contributed by atoms with Crippen LogP contribution >= 0.6 is 0 Å². The van der Waals surface area contributed by atoms with Crippen molar-refractivity contribution in [2.45, 2.75) is 66.3 Å². The summed E-state index contributed by atoms with van der Waals surface area (Å²) in [6.07, 6.45) is 1.01. The molecule has 0 fully saturated rings. The number of hydrogen-bond acceptors (Lipinski definition) is 3. The summed E-state index contributed by atoms with van der Waals surface area (Å²) in [5.41, 5.74) is 1.87. The third-order valence-corrected chi connectivity index (χ3v) is 4.55. The highest BCUT2D eigenvalue weighted by Crippen LogP contribution is 2.21. The van der Waals surface area contributed by atoms with E-state index in [4.69, 9.17) is 4.74 Å². The quantitative estimate of drug-likeness (QED) is 0.675. The van der Waals surface area contributed by atoms with E-state index in [9.17, 15) is 9.90 Å². The van der Waals surface area contributed by atoms with Crippen LogP contribution in [0.5, 0.6) is 0 Å². The average molecular weight is 336 g/mol. The largest absolute Gasteiger partial charge is 0.388 e. The van der Waals surface area contributed by atoms with Gasteiger partial charge in [0.15, 0.2) is 0 Å². The summed E-state index contributed by atoms with van der Waals surface area (Å²) in [4.78, 5) is 12.1. The minimum Gasteiger partial charge on any atom is -0.388 e. The monoisotopic (exact) mass is 336 g/mol. The summed E-state index contributed by atoms with van der Waals surface area (Å²) in [5, 5.41) is 16.0. The Bertz CT molecular complexity index is 541. The van der Waals surface area contributed by atoms with Gasteiger partial charge >= 0.3 is 6.03 Å². The number of aliphatic hydroxyl groups is 1. The Morgan fingerprint density at radius 2 is 2.00 bits per heavy atom. The third kappa shape index (κ3) is 6.13. The SMILES string of the molecule is CCC(C)C(C)(O)CNC(=O)Nc1cccc(COC(C)C)c1C. The second kappa shape index (κ2) is 9.04. The number of amides is 2. The van der Waals surface area contributed by atoms with E-state index in [2.05, 4.69) is 10.6 Å². The van der Waals surface area contributed by atoms with Crippen molar-refractivity contribution in [1.82, 2.24) is 5.32 Å². The number of ether oxygens (including phenoxy) is 1. The van der Waals surface area contributed by atoms with Crippen molar-refractivity contribution in [3.8, 4) is 0 Å². The van der Waals surface area contributed by atoms with Crippen LogP contribution in [0.15, 0.2) is 18.2 Å². The lowest BCUT2D eigenvalue weighted by molar-refractivity contribution is 0.00827. The van der Waals surface area contributed by atoms with Gasteiger partial charge in [-0.15, -0.1) is 0 Å². The molecule has 1 rings (SSSR count). The summed E-state index contributed by atoms with van der Waals surface area (Å²) in [7, 11) is 0. The highest BCUT2D eigenvalue weighted by atomic mass is 16.5. The van der Waals surface area contributed by atoms with Crippen LogP contribution in [0.25, 0.3) is 0 Å². The van der Waals surface area contributed by atoms with Crippen molar-refractivity contribution < 1.29 is 14.6 Å². The molecule has 0 spiro atoms. The van der Waals surface area contributed by atoms with Gasteiger partial charge in [0.25, 0.3) is 0 Å². The van der Waals surface area contributed by atoms with E-state index in [1.54, 1.807) is 6.92 Å². The van der Waals surface area contributed by atoms with Gasteiger partial charge in [0.2, 0.25) is 0 Å². The molecule has 0 heterocycles. The standard InChI is InChI=1S/C19H32N2O3/c1-7-14(4)19(6,23)12-20-18(22)21-17-10-8-9-16(15(17)5)11-24-13(2)3/h8-10,13-14,23H,7,11-12H2,1-6H3,(H2,20,21,22). The fourth-order valence-electron chi connectivity index (χ4n) is 2.27. The summed E-state index contributed by atoms with van der Waals surface area (Å²) in [6, 6.07) is 5.44. The molecule has 0 bridgehead atoms. The van der Waals surface area contributed by atoms with Crippen LogP contribution < -0.4 is 10.6 Å². The third-order valence-electron chi connectivity index (χ3n) is 4.55. The van der Waals surface area contributed by atoms with Crippen molar-refractivity contribution >= 4 is 11.7 Å². The van der Waals surface area contributed by atoms with E-state index in [-0.39, 0.29) is 24.6 Å². The normalized spacial score (nSPS) is 15.0. The average Bonchev–Trinajstić information content (AvgIpc) is 2.52. The fourth-order valence-corrected chi connectivity index (χ4v) is 2.27. The lowest BCUT2D eigenvalue weighted by atomic mass is 9.89. The van der Waals surface area contributed by atoms with E-state index < -0.39 is 5.60 Å². The van der Waals surface area contributed by atoms with Crippen LogP contribution in [0.1, 0.15) is 52.2 Å². The van der Waals surface area contributed by atoms with E-state index in [0.717, 1.165) is 23.2 Å². The predicted octanol–water partition coefficient (Wildman–Crippen LogP) is 3.84. The van der Waals surface area contributed by atoms with Gasteiger partial charge < -0.3 is 20.5 Å². The Morgan fingerprint density at radius 3 is 2.58 bits per heavy atom. The number of carbonyl (C=O) groups excluding carboxylic acids is 1. The van der Waals surface area contributed by atoms with E-state index in [1.165, 1.54) is 0 Å². The van der Waals surface area contributed by atoms with Crippen LogP contribution in [-0.4, -0.2) is 29.4 Å². The van der Waals surface area contributed by atoms with Gasteiger partial charge in [0.1, 0.15) is 0 Å². The summed E-state index contributed by atoms with van der Waals surface area (Å²) < 4.78 is 5.64. The molecule has 0 saturated carbocycles. The van der Waals surface area contributed by atoms with Crippen molar-refractivity contribution in [1.29, 1.82) is 0 Å². The van der Waals surface area contributed by atoms with Crippen molar-refractivity contribution in [2.24, 2.45) is 5.92 Å². The zero-order chi connectivity index (χ0) is 18.3. The molecule has 1 aromatic carbocycles. The van der Waals surface area contributed by atoms with E-state index in [0.29, 0.717) is 6.61 Å². The van der Waals surface area contributed by atoms with Crippen LogP contribution in [0.2, 0.25) is 0 Å². The Labute approximate surface area is 145 Å². The molecule has 24 heavy (non-hydrogen) atoms. The first kappa shape index (κ1) is 20.5. The second-order valence-electron chi connectivity index (χ2n) is 6.92. The number of hydrogen-bond donors (Lipinski definition) is 3. The molecule has 5 heteroatoms. The molecule has 0 aliphatic rings. The van der Waals surface area contributed by atoms with E-state index >= 15 is 0 Å². The lowest BCUT2D eigenvalue weighted by Crippen LogP contribution is -2.46. The van der Waals surface area contributed by atoms with Gasteiger partial charge in [-0.05, 0) is 50.8 Å². The first-order chi connectivity index (χ1) is 11.2. The minimum atomic E-state index is -0.923. The minimum absolute atomic E-state index is 0.107. The maximum absolute atomic E-state index is 12.1. The summed E-state index contributed by atoms with van der Waals surface area (Å²) >= 11 is 0. The summed E-state index contributed by atoms with van der Waals surface area (Å²) in [6.45, 7) is 12.4. The Kier molecular flexibility index (Phi) is 7.70. The van der Waals surface area contributed by atoms with Gasteiger partial charge in [-0.2, -0.15) is 0 Å². The molecular formula is C19H32N2O3. The lowest BCUT2D eigenvalue weighted by Gasteiger charge is -2.29. The van der Waals surface area contributed by atoms with Crippen molar-refractivity contribution in [2.75, 3.05) is 11.9 Å². The van der Waals surface area contributed by atoms with Gasteiger partial charge in [-0.3, -0.25) is 0 Å². The smallest absolute Gasteiger partial charge is 0.319 e. The Morgan fingerprint density at radius 1 is 1.33 bits per heavy atom. The molecule has 1 aromatic rings. The van der Waals surface area contributed by atoms with Gasteiger partial charge in [0, 0.05) is 12.2 Å². The summed E-state index contributed by atoms with van der Waals surface area (Å²) in [5.74, 6) is 0.107. The van der Waals surface area contributed by atoms with Crippen LogP contribution in [0.3, 0.4) is 0 Å². The molecule has 5 nitrogen and oxygen atoms in total. The number of nitrogens with one attached hydrogen (secondary N) is 2. The van der Waals surface area contributed by atoms with E-state index in [1.807, 2.05) is 52.8 Å². The van der Waals surface area contributed by atoms with Gasteiger partial charge in [-0.25, -0.2) is 4.79 Å².